The molecule has 1 heterocycles. The SMILES string of the molecule is CCCCO[C@H]1O[C@H](CO)[C@H](O)[C@H](OCc2cccc(OC)c2OC)[C@H]1O. The van der Waals surface area contributed by atoms with Gasteiger partial charge in [0.15, 0.2) is 17.8 Å². The molecule has 154 valence electrons. The molecule has 27 heavy (non-hydrogen) atoms. The van der Waals surface area contributed by atoms with Gasteiger partial charge in [-0.25, -0.2) is 0 Å². The molecule has 0 saturated carbocycles. The summed E-state index contributed by atoms with van der Waals surface area (Å²) in [7, 11) is 3.07. The lowest BCUT2D eigenvalue weighted by Crippen LogP contribution is -2.60. The van der Waals surface area contributed by atoms with Crippen molar-refractivity contribution in [3.05, 3.63) is 23.8 Å². The Kier molecular flexibility index (Phi) is 8.75. The third-order valence-corrected chi connectivity index (χ3v) is 4.52. The van der Waals surface area contributed by atoms with Crippen LogP contribution in [-0.2, 0) is 20.8 Å². The third-order valence-electron chi connectivity index (χ3n) is 4.52. The Hall–Kier alpha value is -1.42. The number of hydrogen-bond donors (Lipinski definition) is 3. The molecule has 1 aromatic carbocycles. The number of rotatable bonds is 10. The Bertz CT molecular complexity index is 567. The van der Waals surface area contributed by atoms with Gasteiger partial charge >= 0.3 is 0 Å². The van der Waals surface area contributed by atoms with Crippen LogP contribution in [0.25, 0.3) is 0 Å². The van der Waals surface area contributed by atoms with Gasteiger partial charge in [0.05, 0.1) is 27.4 Å². The number of aliphatic hydroxyl groups excluding tert-OH is 3. The van der Waals surface area contributed by atoms with Crippen LogP contribution in [0.15, 0.2) is 18.2 Å². The van der Waals surface area contributed by atoms with Gasteiger partial charge in [-0.1, -0.05) is 25.5 Å². The van der Waals surface area contributed by atoms with Crippen molar-refractivity contribution in [1.29, 1.82) is 0 Å². The van der Waals surface area contributed by atoms with Crippen LogP contribution in [0.5, 0.6) is 11.5 Å². The minimum atomic E-state index is -1.20. The summed E-state index contributed by atoms with van der Waals surface area (Å²) in [5, 5.41) is 30.4. The maximum Gasteiger partial charge on any atom is 0.186 e. The first kappa shape index (κ1) is 21.9. The molecule has 0 aliphatic carbocycles. The lowest BCUT2D eigenvalue weighted by molar-refractivity contribution is -0.309. The van der Waals surface area contributed by atoms with Crippen molar-refractivity contribution >= 4 is 0 Å². The van der Waals surface area contributed by atoms with Gasteiger partial charge in [0.2, 0.25) is 0 Å². The predicted octanol–water partition coefficient (Wildman–Crippen LogP) is 0.845. The van der Waals surface area contributed by atoms with Crippen molar-refractivity contribution in [3.63, 3.8) is 0 Å². The van der Waals surface area contributed by atoms with Gasteiger partial charge in [-0.15, -0.1) is 0 Å². The van der Waals surface area contributed by atoms with Crippen molar-refractivity contribution in [3.8, 4) is 11.5 Å². The standard InChI is InChI=1S/C19H30O8/c1-4-5-9-25-19-16(22)18(15(21)14(10-20)27-19)26-11-12-7-6-8-13(23-2)17(12)24-3/h6-8,14-16,18-22H,4-5,9-11H2,1-3H3/t14-,15+,16-,18+,19+/m1/s1. The average Bonchev–Trinajstić information content (AvgIpc) is 2.69. The predicted molar refractivity (Wildman–Crippen MR) is 96.7 cm³/mol. The average molecular weight is 386 g/mol. The molecule has 0 unspecified atom stereocenters. The molecular weight excluding hydrogens is 356 g/mol. The Morgan fingerprint density at radius 3 is 2.48 bits per heavy atom. The Labute approximate surface area is 159 Å². The van der Waals surface area contributed by atoms with Crippen LogP contribution in [0.1, 0.15) is 25.3 Å². The van der Waals surface area contributed by atoms with Gasteiger partial charge in [0.1, 0.15) is 24.4 Å². The molecule has 8 heteroatoms. The van der Waals surface area contributed by atoms with Crippen LogP contribution < -0.4 is 9.47 Å². The number of aliphatic hydroxyl groups is 3. The van der Waals surface area contributed by atoms with Gasteiger partial charge in [-0.3, -0.25) is 0 Å². The summed E-state index contributed by atoms with van der Waals surface area (Å²) in [5.74, 6) is 1.08. The van der Waals surface area contributed by atoms with E-state index in [2.05, 4.69) is 0 Å². The van der Waals surface area contributed by atoms with E-state index in [0.717, 1.165) is 12.8 Å². The van der Waals surface area contributed by atoms with Crippen LogP contribution in [0, 0.1) is 0 Å². The first-order chi connectivity index (χ1) is 13.1. The highest BCUT2D eigenvalue weighted by molar-refractivity contribution is 5.46. The molecule has 0 spiro atoms. The van der Waals surface area contributed by atoms with Gasteiger partial charge in [0.25, 0.3) is 0 Å². The van der Waals surface area contributed by atoms with Gasteiger partial charge in [-0.2, -0.15) is 0 Å². The summed E-state index contributed by atoms with van der Waals surface area (Å²) < 4.78 is 27.5. The molecule has 1 aliphatic heterocycles. The zero-order valence-electron chi connectivity index (χ0n) is 16.0. The molecule has 0 aromatic heterocycles. The second kappa shape index (κ2) is 10.8. The molecule has 3 N–H and O–H groups in total. The molecule has 1 saturated heterocycles. The lowest BCUT2D eigenvalue weighted by atomic mass is 9.99. The van der Waals surface area contributed by atoms with Crippen molar-refractivity contribution < 1.29 is 39.0 Å². The molecule has 0 bridgehead atoms. The molecule has 8 nitrogen and oxygen atoms in total. The van der Waals surface area contributed by atoms with E-state index in [4.69, 9.17) is 23.7 Å². The zero-order valence-corrected chi connectivity index (χ0v) is 16.0. The van der Waals surface area contributed by atoms with Crippen LogP contribution in [-0.4, -0.2) is 73.5 Å². The molecule has 1 aliphatic rings. The smallest absolute Gasteiger partial charge is 0.186 e. The minimum absolute atomic E-state index is 0.0684. The van der Waals surface area contributed by atoms with E-state index >= 15 is 0 Å². The van der Waals surface area contributed by atoms with E-state index < -0.39 is 37.3 Å². The number of hydrogen-bond acceptors (Lipinski definition) is 8. The summed E-state index contributed by atoms with van der Waals surface area (Å²) in [6.07, 6.45) is -3.52. The summed E-state index contributed by atoms with van der Waals surface area (Å²) in [4.78, 5) is 0. The van der Waals surface area contributed by atoms with Gasteiger partial charge < -0.3 is 39.0 Å². The monoisotopic (exact) mass is 386 g/mol. The molecule has 1 aromatic rings. The maximum absolute atomic E-state index is 10.5. The second-order valence-corrected chi connectivity index (χ2v) is 6.36. The molecule has 2 rings (SSSR count). The fourth-order valence-electron chi connectivity index (χ4n) is 2.98. The fourth-order valence-corrected chi connectivity index (χ4v) is 2.98. The summed E-state index contributed by atoms with van der Waals surface area (Å²) in [6, 6.07) is 5.36. The quantitative estimate of drug-likeness (QED) is 0.508. The molecule has 1 fully saturated rings. The number of unbranched alkanes of at least 4 members (excludes halogenated alkanes) is 1. The zero-order chi connectivity index (χ0) is 19.8. The van der Waals surface area contributed by atoms with E-state index in [-0.39, 0.29) is 6.61 Å². The van der Waals surface area contributed by atoms with E-state index in [1.54, 1.807) is 25.3 Å². The first-order valence-corrected chi connectivity index (χ1v) is 9.12. The lowest BCUT2D eigenvalue weighted by Gasteiger charge is -2.41. The number of methoxy groups -OCH3 is 2. The highest BCUT2D eigenvalue weighted by atomic mass is 16.7. The van der Waals surface area contributed by atoms with Crippen molar-refractivity contribution in [2.75, 3.05) is 27.4 Å². The minimum Gasteiger partial charge on any atom is -0.493 e. The molecule has 5 atom stereocenters. The highest BCUT2D eigenvalue weighted by Crippen LogP contribution is 2.32. The topological polar surface area (TPSA) is 107 Å². The van der Waals surface area contributed by atoms with Gasteiger partial charge in [0, 0.05) is 12.2 Å². The van der Waals surface area contributed by atoms with E-state index in [0.29, 0.717) is 23.7 Å². The first-order valence-electron chi connectivity index (χ1n) is 9.12. The fraction of sp³-hybridized carbons (Fsp3) is 0.684. The highest BCUT2D eigenvalue weighted by Gasteiger charge is 2.45. The Morgan fingerprint density at radius 2 is 1.85 bits per heavy atom. The number of benzene rings is 1. The molecular formula is C19H30O8. The Balaban J connectivity index is 2.10. The van der Waals surface area contributed by atoms with E-state index in [9.17, 15) is 15.3 Å². The summed E-state index contributed by atoms with van der Waals surface area (Å²) in [6.45, 7) is 2.08. The Morgan fingerprint density at radius 1 is 1.07 bits per heavy atom. The second-order valence-electron chi connectivity index (χ2n) is 6.36. The van der Waals surface area contributed by atoms with E-state index in [1.165, 1.54) is 7.11 Å². The molecule has 0 amide bonds. The largest absolute Gasteiger partial charge is 0.493 e. The van der Waals surface area contributed by atoms with Crippen LogP contribution in [0.4, 0.5) is 0 Å². The normalized spacial score (nSPS) is 28.1. The van der Waals surface area contributed by atoms with Crippen molar-refractivity contribution in [2.24, 2.45) is 0 Å². The summed E-state index contributed by atoms with van der Waals surface area (Å²) >= 11 is 0. The van der Waals surface area contributed by atoms with Gasteiger partial charge in [-0.05, 0) is 12.5 Å². The van der Waals surface area contributed by atoms with Crippen molar-refractivity contribution in [2.45, 2.75) is 57.1 Å². The maximum atomic E-state index is 10.5. The van der Waals surface area contributed by atoms with Crippen LogP contribution in [0.2, 0.25) is 0 Å². The third kappa shape index (κ3) is 5.31. The number of para-hydroxylation sites is 1. The number of ether oxygens (including phenoxy) is 5. The van der Waals surface area contributed by atoms with Crippen molar-refractivity contribution in [1.82, 2.24) is 0 Å². The van der Waals surface area contributed by atoms with Crippen LogP contribution >= 0.6 is 0 Å². The summed E-state index contributed by atoms with van der Waals surface area (Å²) in [5.41, 5.74) is 0.701. The molecule has 0 radical (unpaired) electrons. The van der Waals surface area contributed by atoms with E-state index in [1.807, 2.05) is 6.92 Å². The van der Waals surface area contributed by atoms with Crippen LogP contribution in [0.3, 0.4) is 0 Å².